The molecule has 0 unspecified atom stereocenters. The normalized spacial score (nSPS) is 13.3. The largest absolute Gasteiger partial charge is 0.490 e. The Hall–Kier alpha value is -12.4. The maximum absolute atomic E-state index is 14.8. The number of methoxy groups -OCH3 is 1. The molecule has 9 amide bonds. The van der Waals surface area contributed by atoms with Gasteiger partial charge in [0.25, 0.3) is 0 Å². The van der Waals surface area contributed by atoms with E-state index in [2.05, 4.69) is 62.8 Å². The van der Waals surface area contributed by atoms with E-state index in [1.165, 1.54) is 10.9 Å². The molecule has 0 spiro atoms. The van der Waals surface area contributed by atoms with E-state index in [0.29, 0.717) is 223 Å². The fourth-order valence-corrected chi connectivity index (χ4v) is 16.3. The smallest absolute Gasteiger partial charge is 0.243 e. The van der Waals surface area contributed by atoms with Gasteiger partial charge in [-0.3, -0.25) is 43.2 Å². The molecular formula is C98H146N28O17. The van der Waals surface area contributed by atoms with E-state index in [0.717, 1.165) is 32.7 Å². The Morgan fingerprint density at radius 2 is 0.594 bits per heavy atom. The van der Waals surface area contributed by atoms with E-state index in [1.807, 2.05) is 84.9 Å². The molecule has 0 aliphatic carbocycles. The standard InChI is InChI=1S/C98H146N28O17/c1-136-48-49-137-50-52-139-56-58-142-78-38-39-79(82-81(78)90-121-88-68-28-6-4-26-66(68)86(119-88)117-84-64-24-2-3-25-65(64)85(116-84)118-87-67-27-5-7-29-69(67)89(120-87)122-91(82)123-90)143-59-57-140-53-51-138-54-55-141-62-63-60-126(125-124-63)61-80(127)108-71(31-9-17-41-100)92(129)110-73(33-11-19-43-102)94(131)112-75(35-13-21-45-104)96(133)114-77(37-15-23-47-106)98(135)115-76(36-14-22-46-105)97(134)113-74(34-12-20-44-103)95(132)111-72(32-10-18-42-101)93(130)109-70(83(107)128)30-8-16-40-99/h2-7,24-29,38-39,60,70-77H,8-23,30-37,40-59,61-62,99-106H2,1H3,(H2,107,128)(H,108,127)(H,109,130)(H,110,129)(H,111,132)(H,112,131)(H,113,134)(H,114,133)(H,115,135)(H2,116,117,118,119,120,121,122,123)/t70-,71-,72-,73-,74-,75-,76-,77-/m0/s1. The van der Waals surface area contributed by atoms with Gasteiger partial charge in [-0.05, 0) is 219 Å². The molecule has 2 aliphatic rings. The number of benzene rings is 4. The summed E-state index contributed by atoms with van der Waals surface area (Å²) in [5.74, 6) is -3.94. The molecule has 45 heteroatoms. The Bertz CT molecular complexity index is 5530. The first-order valence-electron chi connectivity index (χ1n) is 49.9. The summed E-state index contributed by atoms with van der Waals surface area (Å²) >= 11 is 0. The molecule has 10 rings (SSSR count). The van der Waals surface area contributed by atoms with E-state index in [9.17, 15) is 43.2 Å². The van der Waals surface area contributed by atoms with Crippen molar-refractivity contribution >= 4 is 97.3 Å². The lowest BCUT2D eigenvalue weighted by Crippen LogP contribution is -2.60. The maximum atomic E-state index is 14.8. The zero-order valence-corrected chi connectivity index (χ0v) is 82.0. The van der Waals surface area contributed by atoms with Crippen LogP contribution in [0.5, 0.6) is 11.5 Å². The third-order valence-corrected chi connectivity index (χ3v) is 24.0. The molecule has 28 N–H and O–H groups in total. The summed E-state index contributed by atoms with van der Waals surface area (Å²) in [7, 11) is 1.62. The first-order chi connectivity index (χ1) is 69.7. The van der Waals surface area contributed by atoms with Crippen LogP contribution in [-0.4, -0.2) is 295 Å². The summed E-state index contributed by atoms with van der Waals surface area (Å²) in [6.45, 7) is 5.16. The number of carbonyl (C=O) groups is 9. The molecule has 8 bridgehead atoms. The number of H-pyrrole nitrogens is 2. The van der Waals surface area contributed by atoms with Crippen LogP contribution in [0.3, 0.4) is 0 Å². The predicted octanol–water partition coefficient (Wildman–Crippen LogP) is 2.54. The van der Waals surface area contributed by atoms with Gasteiger partial charge < -0.3 is 142 Å². The number of unbranched alkanes of at least 4 members (excludes halogenated alkanes) is 8. The van der Waals surface area contributed by atoms with Crippen molar-refractivity contribution in [2.45, 2.75) is 216 Å². The van der Waals surface area contributed by atoms with Crippen LogP contribution in [0.1, 0.15) is 160 Å². The quantitative estimate of drug-likeness (QED) is 0.0244. The summed E-state index contributed by atoms with van der Waals surface area (Å²) in [6, 6.07) is 17.4. The van der Waals surface area contributed by atoms with Crippen LogP contribution in [0, 0.1) is 0 Å². The summed E-state index contributed by atoms with van der Waals surface area (Å²) < 4.78 is 48.8. The molecule has 45 nitrogen and oxygen atoms in total. The average molecular weight is 1990 g/mol. The van der Waals surface area contributed by atoms with Gasteiger partial charge in [0.15, 0.2) is 23.3 Å². The minimum absolute atomic E-state index is 0.0217. The van der Waals surface area contributed by atoms with Crippen molar-refractivity contribution in [2.75, 3.05) is 139 Å². The highest BCUT2D eigenvalue weighted by molar-refractivity contribution is 6.07. The van der Waals surface area contributed by atoms with Crippen molar-refractivity contribution in [3.05, 3.63) is 96.8 Å². The van der Waals surface area contributed by atoms with Crippen molar-refractivity contribution in [3.63, 3.8) is 0 Å². The monoisotopic (exact) mass is 1990 g/mol. The number of hydrogen-bond donors (Lipinski definition) is 19. The minimum atomic E-state index is -1.29. The number of hydrogen-bond acceptors (Lipinski definition) is 33. The van der Waals surface area contributed by atoms with Gasteiger partial charge in [0.1, 0.15) is 108 Å². The zero-order valence-electron chi connectivity index (χ0n) is 82.0. The van der Waals surface area contributed by atoms with E-state index in [1.54, 1.807) is 7.11 Å². The number of fused-ring (bicyclic) bond motifs is 20. The molecule has 4 aromatic carbocycles. The molecule has 0 radical (unpaired) electrons. The van der Waals surface area contributed by atoms with Gasteiger partial charge in [0.05, 0.1) is 90.0 Å². The second kappa shape index (κ2) is 62.3. The Labute approximate surface area is 831 Å². The van der Waals surface area contributed by atoms with Gasteiger partial charge in [0.2, 0.25) is 53.2 Å². The molecule has 8 aromatic rings. The van der Waals surface area contributed by atoms with E-state index in [-0.39, 0.29) is 150 Å². The number of aromatic nitrogens is 11. The first-order valence-corrected chi connectivity index (χ1v) is 49.9. The minimum Gasteiger partial charge on any atom is -0.490 e. The molecular weight excluding hydrogens is 1840 g/mol. The van der Waals surface area contributed by atoms with Crippen LogP contribution in [0.15, 0.2) is 91.1 Å². The number of primary amides is 1. The summed E-state index contributed by atoms with van der Waals surface area (Å²) in [4.78, 5) is 166. The van der Waals surface area contributed by atoms with Gasteiger partial charge in [0, 0.05) is 39.8 Å². The summed E-state index contributed by atoms with van der Waals surface area (Å²) in [5.41, 5.74) is 57.8. The highest BCUT2D eigenvalue weighted by atomic mass is 16.6. The number of nitrogens with two attached hydrogens (primary N) is 9. The van der Waals surface area contributed by atoms with Crippen molar-refractivity contribution in [3.8, 4) is 57.1 Å². The number of ether oxygens (including phenoxy) is 8. The molecule has 0 saturated carbocycles. The summed E-state index contributed by atoms with van der Waals surface area (Å²) in [5, 5.41) is 33.9. The summed E-state index contributed by atoms with van der Waals surface area (Å²) in [6.07, 6.45) is 9.47. The number of amides is 9. The van der Waals surface area contributed by atoms with Gasteiger partial charge in [-0.25, -0.2) is 34.6 Å². The molecule has 0 fully saturated rings. The third-order valence-electron chi connectivity index (χ3n) is 24.0. The molecule has 2 aliphatic heterocycles. The lowest BCUT2D eigenvalue weighted by atomic mass is 10.0. The molecule has 780 valence electrons. The Kier molecular flexibility index (Phi) is 49.0. The SMILES string of the molecule is COCCOCCOCCOc1ccc(OCCOCCOCCOCc2cn(CC(=O)N[C@@H](CCCCN)C(=O)N[C@@H](CCCCN)C(=O)N[C@@H](CCCCN)C(=O)N[C@@H](CCCCN)C(=O)N[C@@H](CCCCN)C(=O)N[C@@H](CCCCN)C(=O)N[C@@H](CCCCN)C(=O)N[C@@H](CCCCN)C(N)=O)nn2)c2c1-c1nc-2nc2[nH]c(nc3nc(nc4[nH]c(n1)c1ccccc41)-c1ccccc1-3)c1ccccc21. The van der Waals surface area contributed by atoms with Crippen LogP contribution in [0.25, 0.3) is 89.7 Å². The van der Waals surface area contributed by atoms with Crippen LogP contribution in [0.4, 0.5) is 0 Å². The van der Waals surface area contributed by atoms with Crippen LogP contribution in [-0.2, 0) is 84.7 Å². The van der Waals surface area contributed by atoms with Gasteiger partial charge in [-0.2, -0.15) is 0 Å². The lowest BCUT2D eigenvalue weighted by molar-refractivity contribution is -0.136. The number of aromatic amines is 2. The Balaban J connectivity index is 0.736. The van der Waals surface area contributed by atoms with Crippen molar-refractivity contribution in [2.24, 2.45) is 51.6 Å². The number of nitrogens with one attached hydrogen (secondary N) is 10. The highest BCUT2D eigenvalue weighted by Gasteiger charge is 2.37. The van der Waals surface area contributed by atoms with Crippen molar-refractivity contribution in [1.29, 1.82) is 0 Å². The Morgan fingerprint density at radius 1 is 0.322 bits per heavy atom. The van der Waals surface area contributed by atoms with Gasteiger partial charge in [-0.15, -0.1) is 5.10 Å². The maximum Gasteiger partial charge on any atom is 0.243 e. The number of rotatable bonds is 72. The molecule has 0 saturated heterocycles. The number of nitrogens with zero attached hydrogens (tertiary/aromatic N) is 9. The fraction of sp³-hybridized carbons (Fsp3) is 0.561. The topological polar surface area (TPSA) is 698 Å². The average Bonchev–Trinajstić information content (AvgIpc) is 1.57. The van der Waals surface area contributed by atoms with Crippen molar-refractivity contribution in [1.82, 2.24) is 97.4 Å². The van der Waals surface area contributed by atoms with Crippen molar-refractivity contribution < 1.29 is 81.0 Å². The zero-order chi connectivity index (χ0) is 102. The van der Waals surface area contributed by atoms with E-state index in [4.69, 9.17) is 119 Å². The van der Waals surface area contributed by atoms with Gasteiger partial charge in [-0.1, -0.05) is 78.0 Å². The van der Waals surface area contributed by atoms with Crippen LogP contribution >= 0.6 is 0 Å². The third kappa shape index (κ3) is 35.6. The number of carbonyl (C=O) groups excluding carboxylic acids is 9. The second-order valence-corrected chi connectivity index (χ2v) is 34.9. The molecule has 4 aromatic heterocycles. The predicted molar refractivity (Wildman–Crippen MR) is 540 cm³/mol. The highest BCUT2D eigenvalue weighted by Crippen LogP contribution is 2.47. The first kappa shape index (κ1) is 113. The second-order valence-electron chi connectivity index (χ2n) is 34.9. The van der Waals surface area contributed by atoms with E-state index >= 15 is 0 Å². The van der Waals surface area contributed by atoms with Gasteiger partial charge >= 0.3 is 0 Å². The lowest BCUT2D eigenvalue weighted by Gasteiger charge is -2.28. The van der Waals surface area contributed by atoms with Crippen LogP contribution < -0.4 is 104 Å². The fourth-order valence-electron chi connectivity index (χ4n) is 16.3. The molecule has 143 heavy (non-hydrogen) atoms. The molecule has 8 atom stereocenters. The molecule has 6 heterocycles. The Morgan fingerprint density at radius 3 is 0.909 bits per heavy atom. The van der Waals surface area contributed by atoms with Crippen LogP contribution in [0.2, 0.25) is 0 Å². The van der Waals surface area contributed by atoms with E-state index < -0.39 is 101 Å².